The van der Waals surface area contributed by atoms with Crippen LogP contribution in [0.25, 0.3) is 0 Å². The predicted molar refractivity (Wildman–Crippen MR) is 109 cm³/mol. The second kappa shape index (κ2) is 9.41. The van der Waals surface area contributed by atoms with Crippen LogP contribution in [0.2, 0.25) is 5.02 Å². The molecule has 0 spiro atoms. The maximum Gasteiger partial charge on any atom is 0.318 e. The highest BCUT2D eigenvalue weighted by Gasteiger charge is 2.24. The molecule has 0 aliphatic carbocycles. The molecule has 2 aromatic rings. The molecule has 1 aromatic carbocycles. The van der Waals surface area contributed by atoms with E-state index in [1.807, 2.05) is 36.4 Å². The first-order chi connectivity index (χ1) is 13.5. The number of halogens is 1. The molecule has 0 bridgehead atoms. The molecule has 1 aromatic heterocycles. The molecule has 8 heteroatoms. The molecule has 28 heavy (non-hydrogen) atoms. The van der Waals surface area contributed by atoms with Crippen molar-refractivity contribution in [1.82, 2.24) is 20.5 Å². The van der Waals surface area contributed by atoms with Gasteiger partial charge in [0.05, 0.1) is 0 Å². The number of hydrogen-bond acceptors (Lipinski definition) is 4. The average Bonchev–Trinajstić information content (AvgIpc) is 2.72. The molecule has 1 saturated heterocycles. The Labute approximate surface area is 169 Å². The van der Waals surface area contributed by atoms with Crippen molar-refractivity contribution in [1.29, 1.82) is 0 Å². The summed E-state index contributed by atoms with van der Waals surface area (Å²) < 4.78 is 0. The molecule has 1 fully saturated rings. The molecular formula is C20H24ClN5O2. The first kappa shape index (κ1) is 19.9. The number of aromatic nitrogens is 1. The third-order valence-electron chi connectivity index (χ3n) is 4.66. The molecule has 0 saturated carbocycles. The number of pyridine rings is 1. The zero-order chi connectivity index (χ0) is 19.9. The topological polar surface area (TPSA) is 77.6 Å². The van der Waals surface area contributed by atoms with Crippen molar-refractivity contribution >= 4 is 29.2 Å². The number of carbonyl (C=O) groups excluding carboxylic acids is 2. The normalized spacial score (nSPS) is 15.1. The van der Waals surface area contributed by atoms with E-state index in [-0.39, 0.29) is 11.9 Å². The molecule has 1 aliphatic heterocycles. The minimum Gasteiger partial charge on any atom is -0.368 e. The van der Waals surface area contributed by atoms with Gasteiger partial charge in [-0.2, -0.15) is 0 Å². The van der Waals surface area contributed by atoms with Crippen LogP contribution in [0.3, 0.4) is 0 Å². The zero-order valence-corrected chi connectivity index (χ0v) is 16.5. The van der Waals surface area contributed by atoms with E-state index < -0.39 is 6.04 Å². The van der Waals surface area contributed by atoms with Crippen molar-refractivity contribution in [2.24, 2.45) is 0 Å². The van der Waals surface area contributed by atoms with E-state index in [1.54, 1.807) is 24.2 Å². The van der Waals surface area contributed by atoms with Gasteiger partial charge in [-0.3, -0.25) is 9.78 Å². The number of nitrogens with one attached hydrogen (secondary N) is 2. The van der Waals surface area contributed by atoms with E-state index >= 15 is 0 Å². The van der Waals surface area contributed by atoms with Crippen molar-refractivity contribution in [2.75, 3.05) is 31.1 Å². The number of nitrogens with zero attached hydrogens (tertiary/aromatic N) is 3. The Kier molecular flexibility index (Phi) is 6.71. The van der Waals surface area contributed by atoms with E-state index in [0.717, 1.165) is 24.3 Å². The second-order valence-corrected chi connectivity index (χ2v) is 7.14. The Morgan fingerprint density at radius 2 is 1.96 bits per heavy atom. The maximum atomic E-state index is 12.5. The van der Waals surface area contributed by atoms with Crippen LogP contribution in [-0.4, -0.2) is 54.0 Å². The van der Waals surface area contributed by atoms with E-state index in [4.69, 9.17) is 11.6 Å². The summed E-state index contributed by atoms with van der Waals surface area (Å²) in [6.45, 7) is 4.67. The van der Waals surface area contributed by atoms with Gasteiger partial charge >= 0.3 is 6.03 Å². The van der Waals surface area contributed by atoms with Crippen LogP contribution in [0.15, 0.2) is 48.8 Å². The summed E-state index contributed by atoms with van der Waals surface area (Å²) in [5.41, 5.74) is 1.96. The second-order valence-electron chi connectivity index (χ2n) is 6.70. The number of urea groups is 1. The monoisotopic (exact) mass is 401 g/mol. The quantitative estimate of drug-likeness (QED) is 0.805. The van der Waals surface area contributed by atoms with Gasteiger partial charge < -0.3 is 20.4 Å². The molecular weight excluding hydrogens is 378 g/mol. The lowest BCUT2D eigenvalue weighted by atomic mass is 10.2. The Balaban J connectivity index is 1.44. The Morgan fingerprint density at radius 3 is 2.64 bits per heavy atom. The molecule has 1 atom stereocenters. The molecule has 3 rings (SSSR count). The van der Waals surface area contributed by atoms with Crippen LogP contribution in [0.5, 0.6) is 0 Å². The highest BCUT2D eigenvalue weighted by Crippen LogP contribution is 2.20. The highest BCUT2D eigenvalue weighted by molar-refractivity contribution is 6.30. The van der Waals surface area contributed by atoms with Crippen molar-refractivity contribution in [3.63, 3.8) is 0 Å². The van der Waals surface area contributed by atoms with Gasteiger partial charge in [-0.1, -0.05) is 23.7 Å². The minimum absolute atomic E-state index is 0.227. The van der Waals surface area contributed by atoms with Crippen LogP contribution >= 0.6 is 11.6 Å². The van der Waals surface area contributed by atoms with Crippen LogP contribution in [0.1, 0.15) is 12.5 Å². The predicted octanol–water partition coefficient (Wildman–Crippen LogP) is 2.27. The van der Waals surface area contributed by atoms with E-state index in [1.165, 1.54) is 0 Å². The summed E-state index contributed by atoms with van der Waals surface area (Å²) in [5.74, 6) is -0.227. The Hall–Kier alpha value is -2.80. The Morgan fingerprint density at radius 1 is 1.18 bits per heavy atom. The lowest BCUT2D eigenvalue weighted by Crippen LogP contribution is -2.55. The van der Waals surface area contributed by atoms with Gasteiger partial charge in [0.1, 0.15) is 6.04 Å². The lowest BCUT2D eigenvalue weighted by molar-refractivity contribution is -0.122. The zero-order valence-electron chi connectivity index (χ0n) is 15.8. The SMILES string of the molecule is C[C@@H](NC(=O)N1CCN(c2cccc(Cl)c2)CC1)C(=O)NCc1cccnc1. The average molecular weight is 402 g/mol. The standard InChI is InChI=1S/C20H24ClN5O2/c1-15(19(27)23-14-16-4-3-7-22-13-16)24-20(28)26-10-8-25(9-11-26)18-6-2-5-17(21)12-18/h2-7,12-13,15H,8-11,14H2,1H3,(H,23,27)(H,24,28)/t15-/m1/s1. The maximum absolute atomic E-state index is 12.5. The molecule has 3 amide bonds. The van der Waals surface area contributed by atoms with Crippen molar-refractivity contribution in [2.45, 2.75) is 19.5 Å². The minimum atomic E-state index is -0.616. The summed E-state index contributed by atoms with van der Waals surface area (Å²) in [7, 11) is 0. The van der Waals surface area contributed by atoms with E-state index in [0.29, 0.717) is 24.7 Å². The van der Waals surface area contributed by atoms with Gasteiger partial charge in [-0.15, -0.1) is 0 Å². The number of hydrogen-bond donors (Lipinski definition) is 2. The summed E-state index contributed by atoms with van der Waals surface area (Å²) in [6, 6.07) is 10.6. The number of carbonyl (C=O) groups is 2. The van der Waals surface area contributed by atoms with Crippen molar-refractivity contribution < 1.29 is 9.59 Å². The van der Waals surface area contributed by atoms with Crippen LogP contribution in [-0.2, 0) is 11.3 Å². The molecule has 1 aliphatic rings. The third kappa shape index (κ3) is 5.36. The molecule has 2 heterocycles. The van der Waals surface area contributed by atoms with Gasteiger partial charge in [0.15, 0.2) is 0 Å². The smallest absolute Gasteiger partial charge is 0.318 e. The first-order valence-electron chi connectivity index (χ1n) is 9.25. The Bertz CT molecular complexity index is 809. The number of piperazine rings is 1. The number of anilines is 1. The molecule has 0 radical (unpaired) electrons. The molecule has 0 unspecified atom stereocenters. The summed E-state index contributed by atoms with van der Waals surface area (Å²) >= 11 is 6.05. The molecule has 7 nitrogen and oxygen atoms in total. The summed E-state index contributed by atoms with van der Waals surface area (Å²) in [6.07, 6.45) is 3.38. The molecule has 148 valence electrons. The fourth-order valence-corrected chi connectivity index (χ4v) is 3.21. The van der Waals surface area contributed by atoms with Gasteiger partial charge in [0.2, 0.25) is 5.91 Å². The van der Waals surface area contributed by atoms with Crippen LogP contribution in [0, 0.1) is 0 Å². The van der Waals surface area contributed by atoms with E-state index in [9.17, 15) is 9.59 Å². The largest absolute Gasteiger partial charge is 0.368 e. The fourth-order valence-electron chi connectivity index (χ4n) is 3.03. The molecule has 2 N–H and O–H groups in total. The van der Waals surface area contributed by atoms with Gasteiger partial charge in [0.25, 0.3) is 0 Å². The summed E-state index contributed by atoms with van der Waals surface area (Å²) in [4.78, 5) is 32.6. The van der Waals surface area contributed by atoms with Gasteiger partial charge in [-0.25, -0.2) is 4.79 Å². The van der Waals surface area contributed by atoms with Crippen molar-refractivity contribution in [3.05, 3.63) is 59.4 Å². The van der Waals surface area contributed by atoms with Crippen LogP contribution < -0.4 is 15.5 Å². The lowest BCUT2D eigenvalue weighted by Gasteiger charge is -2.36. The third-order valence-corrected chi connectivity index (χ3v) is 4.90. The fraction of sp³-hybridized carbons (Fsp3) is 0.350. The van der Waals surface area contributed by atoms with E-state index in [2.05, 4.69) is 20.5 Å². The number of rotatable bonds is 5. The van der Waals surface area contributed by atoms with Gasteiger partial charge in [-0.05, 0) is 36.8 Å². The first-order valence-corrected chi connectivity index (χ1v) is 9.63. The number of amides is 3. The van der Waals surface area contributed by atoms with Crippen LogP contribution in [0.4, 0.5) is 10.5 Å². The highest BCUT2D eigenvalue weighted by atomic mass is 35.5. The van der Waals surface area contributed by atoms with Crippen molar-refractivity contribution in [3.8, 4) is 0 Å². The summed E-state index contributed by atoms with van der Waals surface area (Å²) in [5, 5.41) is 6.27. The van der Waals surface area contributed by atoms with Gasteiger partial charge in [0, 0.05) is 55.8 Å². The number of benzene rings is 1.